The maximum Gasteiger partial charge on any atom is 0.148 e. The van der Waals surface area contributed by atoms with Gasteiger partial charge in [0.15, 0.2) is 0 Å². The predicted octanol–water partition coefficient (Wildman–Crippen LogP) is 1.73. The van der Waals surface area contributed by atoms with E-state index >= 15 is 0 Å². The Morgan fingerprint density at radius 3 is 2.50 bits per heavy atom. The van der Waals surface area contributed by atoms with Gasteiger partial charge in [-0.25, -0.2) is 8.42 Å². The zero-order valence-corrected chi connectivity index (χ0v) is 14.6. The first-order valence-corrected chi connectivity index (χ1v) is 11.1. The van der Waals surface area contributed by atoms with E-state index in [0.29, 0.717) is 5.92 Å². The van der Waals surface area contributed by atoms with E-state index < -0.39 is 20.6 Å². The van der Waals surface area contributed by atoms with E-state index in [9.17, 15) is 12.6 Å². The monoisotopic (exact) mass is 323 g/mol. The quantitative estimate of drug-likeness (QED) is 0.739. The van der Waals surface area contributed by atoms with Crippen molar-refractivity contribution >= 4 is 20.6 Å². The fraction of sp³-hybridized carbons (Fsp3) is 1.00. The van der Waals surface area contributed by atoms with Crippen LogP contribution in [0.1, 0.15) is 46.0 Å². The molecule has 4 nitrogen and oxygen atoms in total. The summed E-state index contributed by atoms with van der Waals surface area (Å²) in [4.78, 5) is 0. The van der Waals surface area contributed by atoms with Crippen molar-refractivity contribution in [3.63, 3.8) is 0 Å². The average molecular weight is 324 g/mol. The van der Waals surface area contributed by atoms with Crippen molar-refractivity contribution in [1.29, 1.82) is 0 Å². The molecule has 0 aliphatic heterocycles. The lowest BCUT2D eigenvalue weighted by molar-refractivity contribution is 0.292. The second kappa shape index (κ2) is 8.49. The van der Waals surface area contributed by atoms with Gasteiger partial charge < -0.3 is 5.32 Å². The molecule has 1 aliphatic carbocycles. The predicted molar refractivity (Wildman–Crippen MR) is 86.2 cm³/mol. The fourth-order valence-corrected chi connectivity index (χ4v) is 6.08. The Morgan fingerprint density at radius 1 is 1.25 bits per heavy atom. The molecule has 0 saturated heterocycles. The highest BCUT2D eigenvalue weighted by Gasteiger charge is 2.33. The third-order valence-corrected chi connectivity index (χ3v) is 7.13. The first-order chi connectivity index (χ1) is 9.37. The Labute approximate surface area is 126 Å². The first kappa shape index (κ1) is 18.1. The number of rotatable bonds is 8. The molecule has 1 rings (SSSR count). The molecule has 4 atom stereocenters. The van der Waals surface area contributed by atoms with E-state index in [1.54, 1.807) is 0 Å². The van der Waals surface area contributed by atoms with Gasteiger partial charge in [-0.15, -0.1) is 0 Å². The summed E-state index contributed by atoms with van der Waals surface area (Å²) in [7, 11) is -4.08. The fourth-order valence-electron chi connectivity index (χ4n) is 2.82. The largest absolute Gasteiger partial charge is 0.313 e. The van der Waals surface area contributed by atoms with Crippen molar-refractivity contribution in [2.75, 3.05) is 24.3 Å². The summed E-state index contributed by atoms with van der Waals surface area (Å²) in [6, 6.07) is 0.290. The van der Waals surface area contributed by atoms with E-state index in [1.807, 2.05) is 0 Å². The summed E-state index contributed by atoms with van der Waals surface area (Å²) >= 11 is 0. The minimum absolute atomic E-state index is 0.0351. The molecule has 1 aliphatic rings. The average Bonchev–Trinajstić information content (AvgIpc) is 2.41. The molecule has 0 bridgehead atoms. The molecular formula is C14H29NO3S2. The van der Waals surface area contributed by atoms with Crippen LogP contribution in [0.15, 0.2) is 0 Å². The van der Waals surface area contributed by atoms with Crippen LogP contribution in [-0.2, 0) is 20.6 Å². The lowest BCUT2D eigenvalue weighted by atomic mass is 9.84. The van der Waals surface area contributed by atoms with Gasteiger partial charge in [0.25, 0.3) is 0 Å². The molecule has 6 heteroatoms. The van der Waals surface area contributed by atoms with Gasteiger partial charge in [0.2, 0.25) is 0 Å². The second-order valence-electron chi connectivity index (χ2n) is 5.90. The van der Waals surface area contributed by atoms with Crippen LogP contribution in [0.25, 0.3) is 0 Å². The standard InChI is InChI=1S/C14H29NO3S2/c1-4-8-15-13-7-6-12(5-2)11-14(13)19(16)9-10-20(3,17)18/h12-15H,4-11H2,1-3H3. The Kier molecular flexibility index (Phi) is 7.69. The normalized spacial score (nSPS) is 29.2. The highest BCUT2D eigenvalue weighted by molar-refractivity contribution is 7.92. The van der Waals surface area contributed by atoms with E-state index in [1.165, 1.54) is 12.7 Å². The highest BCUT2D eigenvalue weighted by atomic mass is 32.2. The summed E-state index contributed by atoms with van der Waals surface area (Å²) in [5, 5.41) is 3.61. The topological polar surface area (TPSA) is 63.2 Å². The van der Waals surface area contributed by atoms with Crippen LogP contribution >= 0.6 is 0 Å². The summed E-state index contributed by atoms with van der Waals surface area (Å²) in [5.41, 5.74) is 0. The molecule has 0 radical (unpaired) electrons. The molecule has 1 saturated carbocycles. The molecule has 0 aromatic carbocycles. The molecule has 4 unspecified atom stereocenters. The third kappa shape index (κ3) is 6.22. The van der Waals surface area contributed by atoms with E-state index in [4.69, 9.17) is 0 Å². The smallest absolute Gasteiger partial charge is 0.148 e. The van der Waals surface area contributed by atoms with Crippen LogP contribution in [0.5, 0.6) is 0 Å². The molecule has 20 heavy (non-hydrogen) atoms. The van der Waals surface area contributed by atoms with Crippen LogP contribution in [-0.4, -0.2) is 48.2 Å². The van der Waals surface area contributed by atoms with Crippen molar-refractivity contribution in [2.45, 2.75) is 57.2 Å². The summed E-state index contributed by atoms with van der Waals surface area (Å²) in [5.74, 6) is 0.958. The van der Waals surface area contributed by atoms with E-state index in [2.05, 4.69) is 19.2 Å². The van der Waals surface area contributed by atoms with Crippen molar-refractivity contribution < 1.29 is 12.6 Å². The van der Waals surface area contributed by atoms with Gasteiger partial charge in [-0.3, -0.25) is 4.21 Å². The second-order valence-corrected chi connectivity index (χ2v) is 9.94. The molecule has 0 amide bonds. The van der Waals surface area contributed by atoms with Crippen molar-refractivity contribution in [1.82, 2.24) is 5.32 Å². The Morgan fingerprint density at radius 2 is 1.95 bits per heavy atom. The number of sulfone groups is 1. The van der Waals surface area contributed by atoms with Gasteiger partial charge in [0.05, 0.1) is 11.0 Å². The number of nitrogens with one attached hydrogen (secondary N) is 1. The summed E-state index contributed by atoms with van der Waals surface area (Å²) in [6.45, 7) is 5.25. The van der Waals surface area contributed by atoms with Crippen LogP contribution in [0, 0.1) is 5.92 Å². The van der Waals surface area contributed by atoms with Crippen LogP contribution in [0.2, 0.25) is 0 Å². The Bertz CT molecular complexity index is 409. The number of hydrogen-bond acceptors (Lipinski definition) is 4. The molecule has 0 spiro atoms. The zero-order valence-electron chi connectivity index (χ0n) is 12.9. The molecule has 1 N–H and O–H groups in total. The lowest BCUT2D eigenvalue weighted by Crippen LogP contribution is -2.47. The molecule has 120 valence electrons. The Balaban J connectivity index is 2.64. The van der Waals surface area contributed by atoms with E-state index in [0.717, 1.165) is 32.2 Å². The minimum Gasteiger partial charge on any atom is -0.313 e. The molecule has 0 aromatic rings. The third-order valence-electron chi connectivity index (χ3n) is 4.13. The van der Waals surface area contributed by atoms with E-state index in [-0.39, 0.29) is 22.8 Å². The highest BCUT2D eigenvalue weighted by Crippen LogP contribution is 2.30. The Hall–Kier alpha value is 0.0600. The van der Waals surface area contributed by atoms with Gasteiger partial charge in [-0.2, -0.15) is 0 Å². The lowest BCUT2D eigenvalue weighted by Gasteiger charge is -2.36. The van der Waals surface area contributed by atoms with Gasteiger partial charge >= 0.3 is 0 Å². The van der Waals surface area contributed by atoms with Crippen LogP contribution in [0.4, 0.5) is 0 Å². The van der Waals surface area contributed by atoms with Crippen LogP contribution < -0.4 is 5.32 Å². The molecular weight excluding hydrogens is 294 g/mol. The molecule has 0 heterocycles. The SMILES string of the molecule is CCCNC1CCC(CC)CC1S(=O)CCS(C)(=O)=O. The molecule has 1 fully saturated rings. The van der Waals surface area contributed by atoms with Gasteiger partial charge in [0, 0.05) is 28.9 Å². The van der Waals surface area contributed by atoms with Crippen molar-refractivity contribution in [3.05, 3.63) is 0 Å². The summed E-state index contributed by atoms with van der Waals surface area (Å²) in [6.07, 6.45) is 6.63. The number of hydrogen-bond donors (Lipinski definition) is 1. The van der Waals surface area contributed by atoms with Crippen LogP contribution in [0.3, 0.4) is 0 Å². The van der Waals surface area contributed by atoms with Gasteiger partial charge in [0.1, 0.15) is 9.84 Å². The minimum atomic E-state index is -3.02. The van der Waals surface area contributed by atoms with Gasteiger partial charge in [-0.1, -0.05) is 20.3 Å². The maximum atomic E-state index is 12.5. The van der Waals surface area contributed by atoms with Crippen molar-refractivity contribution in [2.24, 2.45) is 5.92 Å². The maximum absolute atomic E-state index is 12.5. The van der Waals surface area contributed by atoms with Crippen molar-refractivity contribution in [3.8, 4) is 0 Å². The summed E-state index contributed by atoms with van der Waals surface area (Å²) < 4.78 is 35.0. The first-order valence-electron chi connectivity index (χ1n) is 7.65. The molecule has 0 aromatic heterocycles. The van der Waals surface area contributed by atoms with Gasteiger partial charge in [-0.05, 0) is 38.1 Å². The zero-order chi connectivity index (χ0) is 15.2.